The van der Waals surface area contributed by atoms with Crippen LogP contribution in [0.4, 0.5) is 0 Å². The molecule has 1 unspecified atom stereocenters. The zero-order valence-corrected chi connectivity index (χ0v) is 15.6. The molecule has 1 aromatic rings. The fourth-order valence-corrected chi connectivity index (χ4v) is 2.64. The van der Waals surface area contributed by atoms with Crippen LogP contribution in [0, 0.1) is 0 Å². The van der Waals surface area contributed by atoms with Crippen LogP contribution in [0.25, 0.3) is 0 Å². The maximum atomic E-state index is 11.5. The Labute approximate surface area is 153 Å². The summed E-state index contributed by atoms with van der Waals surface area (Å²) in [7, 11) is 3.19. The van der Waals surface area contributed by atoms with E-state index in [0.717, 1.165) is 17.7 Å². The first-order valence-electron chi connectivity index (χ1n) is 8.39. The van der Waals surface area contributed by atoms with E-state index in [4.69, 9.17) is 14.3 Å². The number of amides is 1. The minimum absolute atomic E-state index is 0.141. The second-order valence-electron chi connectivity index (χ2n) is 5.59. The van der Waals surface area contributed by atoms with Crippen molar-refractivity contribution in [1.82, 2.24) is 10.4 Å². The van der Waals surface area contributed by atoms with Crippen LogP contribution in [0.3, 0.4) is 0 Å². The third-order valence-electron chi connectivity index (χ3n) is 3.87. The van der Waals surface area contributed by atoms with Gasteiger partial charge in [0, 0.05) is 12.6 Å². The van der Waals surface area contributed by atoms with E-state index in [-0.39, 0.29) is 18.6 Å². The standard InChI is InChI=1S/C19H25N3O4/c1-5-15-8-6-9-16(22(15)21-14(2)23)12-20-26-13-17-18(24-3)10-7-11-19(17)25-4/h6-12,16H,5,13H2,1-4H3,(H,21,23). The molecule has 140 valence electrons. The molecule has 1 aliphatic rings. The number of nitrogens with one attached hydrogen (secondary N) is 1. The molecule has 0 spiro atoms. The monoisotopic (exact) mass is 359 g/mol. The molecule has 0 bridgehead atoms. The maximum Gasteiger partial charge on any atom is 0.235 e. The highest BCUT2D eigenvalue weighted by Crippen LogP contribution is 2.28. The van der Waals surface area contributed by atoms with Crippen LogP contribution in [0.15, 0.2) is 47.3 Å². The van der Waals surface area contributed by atoms with Gasteiger partial charge >= 0.3 is 0 Å². The van der Waals surface area contributed by atoms with Crippen molar-refractivity contribution in [2.45, 2.75) is 32.9 Å². The van der Waals surface area contributed by atoms with Gasteiger partial charge in [0.05, 0.1) is 26.0 Å². The molecule has 0 aliphatic carbocycles. The van der Waals surface area contributed by atoms with E-state index in [9.17, 15) is 4.79 Å². The Hall–Kier alpha value is -2.96. The average Bonchev–Trinajstić information content (AvgIpc) is 2.65. The van der Waals surface area contributed by atoms with E-state index < -0.39 is 0 Å². The molecule has 0 aromatic heterocycles. The Balaban J connectivity index is 2.05. The van der Waals surface area contributed by atoms with Crippen LogP contribution in [0.1, 0.15) is 25.8 Å². The van der Waals surface area contributed by atoms with Gasteiger partial charge in [-0.1, -0.05) is 30.3 Å². The van der Waals surface area contributed by atoms with E-state index >= 15 is 0 Å². The lowest BCUT2D eigenvalue weighted by Crippen LogP contribution is -2.47. The number of hydrogen-bond donors (Lipinski definition) is 1. The molecule has 1 atom stereocenters. The number of benzene rings is 1. The second kappa shape index (κ2) is 9.50. The molecule has 1 aromatic carbocycles. The number of carbonyl (C=O) groups is 1. The first-order chi connectivity index (χ1) is 12.6. The number of hydrazine groups is 1. The summed E-state index contributed by atoms with van der Waals surface area (Å²) in [6.45, 7) is 3.71. The SMILES string of the molecule is CCC1=CC=CC(C=NOCc2c(OC)cccc2OC)N1NC(C)=O. The number of ether oxygens (including phenoxy) is 2. The fraction of sp³-hybridized carbons (Fsp3) is 0.368. The second-order valence-corrected chi connectivity index (χ2v) is 5.59. The summed E-state index contributed by atoms with van der Waals surface area (Å²) < 4.78 is 10.7. The van der Waals surface area contributed by atoms with Crippen LogP contribution >= 0.6 is 0 Å². The summed E-state index contributed by atoms with van der Waals surface area (Å²) in [5.41, 5.74) is 4.59. The number of hydrogen-bond acceptors (Lipinski definition) is 6. The molecule has 7 heteroatoms. The van der Waals surface area contributed by atoms with Crippen LogP contribution in [-0.2, 0) is 16.2 Å². The molecule has 1 N–H and O–H groups in total. The van der Waals surface area contributed by atoms with Gasteiger partial charge < -0.3 is 14.3 Å². The van der Waals surface area contributed by atoms with Crippen molar-refractivity contribution >= 4 is 12.1 Å². The maximum absolute atomic E-state index is 11.5. The summed E-state index contributed by atoms with van der Waals surface area (Å²) in [4.78, 5) is 16.9. The molecule has 0 fully saturated rings. The van der Waals surface area contributed by atoms with E-state index in [1.54, 1.807) is 25.4 Å². The van der Waals surface area contributed by atoms with Gasteiger partial charge in [-0.2, -0.15) is 0 Å². The Morgan fingerprint density at radius 3 is 2.58 bits per heavy atom. The first-order valence-corrected chi connectivity index (χ1v) is 8.39. The predicted octanol–water partition coefficient (Wildman–Crippen LogP) is 2.79. The zero-order valence-electron chi connectivity index (χ0n) is 15.6. The van der Waals surface area contributed by atoms with Crippen molar-refractivity contribution in [2.24, 2.45) is 5.16 Å². The molecule has 1 aliphatic heterocycles. The number of allylic oxidation sites excluding steroid dienone is 3. The number of methoxy groups -OCH3 is 2. The lowest BCUT2D eigenvalue weighted by atomic mass is 10.1. The van der Waals surface area contributed by atoms with Crippen molar-refractivity contribution < 1.29 is 19.1 Å². The Bertz CT molecular complexity index is 690. The van der Waals surface area contributed by atoms with E-state index in [1.165, 1.54) is 6.92 Å². The number of rotatable bonds is 8. The average molecular weight is 359 g/mol. The lowest BCUT2D eigenvalue weighted by molar-refractivity contribution is -0.123. The minimum Gasteiger partial charge on any atom is -0.496 e. The Kier molecular flexibility index (Phi) is 7.08. The third-order valence-corrected chi connectivity index (χ3v) is 3.87. The summed E-state index contributed by atoms with van der Waals surface area (Å²) in [6, 6.07) is 5.30. The first kappa shape index (κ1) is 19.4. The number of nitrogens with zero attached hydrogens (tertiary/aromatic N) is 2. The Morgan fingerprint density at radius 1 is 1.31 bits per heavy atom. The van der Waals surface area contributed by atoms with E-state index in [1.807, 2.05) is 43.4 Å². The van der Waals surface area contributed by atoms with Gasteiger partial charge in [0.15, 0.2) is 0 Å². The zero-order chi connectivity index (χ0) is 18.9. The van der Waals surface area contributed by atoms with Gasteiger partial charge in [0.1, 0.15) is 24.1 Å². The van der Waals surface area contributed by atoms with E-state index in [0.29, 0.717) is 11.5 Å². The van der Waals surface area contributed by atoms with Gasteiger partial charge in [0.25, 0.3) is 0 Å². The molecule has 26 heavy (non-hydrogen) atoms. The van der Waals surface area contributed by atoms with Crippen LogP contribution in [0.5, 0.6) is 11.5 Å². The van der Waals surface area contributed by atoms with Crippen LogP contribution in [0.2, 0.25) is 0 Å². The molecule has 0 radical (unpaired) electrons. The molecule has 1 heterocycles. The molecular weight excluding hydrogens is 334 g/mol. The normalized spacial score (nSPS) is 16.4. The summed E-state index contributed by atoms with van der Waals surface area (Å²) in [6.07, 6.45) is 8.24. The van der Waals surface area contributed by atoms with Crippen molar-refractivity contribution in [3.05, 3.63) is 47.7 Å². The van der Waals surface area contributed by atoms with Crippen LogP contribution in [-0.4, -0.2) is 37.4 Å². The minimum atomic E-state index is -0.224. The van der Waals surface area contributed by atoms with Crippen molar-refractivity contribution in [3.63, 3.8) is 0 Å². The molecule has 0 saturated heterocycles. The summed E-state index contributed by atoms with van der Waals surface area (Å²) >= 11 is 0. The van der Waals surface area contributed by atoms with Gasteiger partial charge in [-0.3, -0.25) is 15.2 Å². The highest BCUT2D eigenvalue weighted by atomic mass is 16.6. The van der Waals surface area contributed by atoms with Crippen LogP contribution < -0.4 is 14.9 Å². The molecular formula is C19H25N3O4. The summed E-state index contributed by atoms with van der Waals surface area (Å²) in [5, 5.41) is 5.84. The predicted molar refractivity (Wildman–Crippen MR) is 99.8 cm³/mol. The number of oxime groups is 1. The van der Waals surface area contributed by atoms with Gasteiger partial charge in [-0.05, 0) is 24.6 Å². The topological polar surface area (TPSA) is 72.4 Å². The van der Waals surface area contributed by atoms with Gasteiger partial charge in [-0.15, -0.1) is 0 Å². The lowest BCUT2D eigenvalue weighted by Gasteiger charge is -2.32. The van der Waals surface area contributed by atoms with Gasteiger partial charge in [-0.25, -0.2) is 0 Å². The summed E-state index contributed by atoms with van der Waals surface area (Å²) in [5.74, 6) is 1.21. The third kappa shape index (κ3) is 4.78. The van der Waals surface area contributed by atoms with Crippen molar-refractivity contribution in [2.75, 3.05) is 14.2 Å². The molecule has 0 saturated carbocycles. The molecule has 2 rings (SSSR count). The van der Waals surface area contributed by atoms with Crippen molar-refractivity contribution in [3.8, 4) is 11.5 Å². The highest BCUT2D eigenvalue weighted by Gasteiger charge is 2.20. The van der Waals surface area contributed by atoms with E-state index in [2.05, 4.69) is 10.6 Å². The molecule has 7 nitrogen and oxygen atoms in total. The number of carbonyl (C=O) groups excluding carboxylic acids is 1. The molecule has 1 amide bonds. The van der Waals surface area contributed by atoms with Gasteiger partial charge in [0.2, 0.25) is 5.91 Å². The Morgan fingerprint density at radius 2 is 2.00 bits per heavy atom. The van der Waals surface area contributed by atoms with Crippen molar-refractivity contribution in [1.29, 1.82) is 0 Å². The quantitative estimate of drug-likeness (QED) is 0.571. The largest absolute Gasteiger partial charge is 0.496 e. The smallest absolute Gasteiger partial charge is 0.235 e. The fourth-order valence-electron chi connectivity index (χ4n) is 2.64. The highest BCUT2D eigenvalue weighted by molar-refractivity contribution is 5.74.